The summed E-state index contributed by atoms with van der Waals surface area (Å²) >= 11 is 5.89. The predicted octanol–water partition coefficient (Wildman–Crippen LogP) is 5.94. The van der Waals surface area contributed by atoms with E-state index in [1.54, 1.807) is 54.6 Å². The molecule has 3 aromatic carbocycles. The highest BCUT2D eigenvalue weighted by atomic mass is 35.5. The molecule has 2 amide bonds. The van der Waals surface area contributed by atoms with E-state index in [1.807, 2.05) is 0 Å². The maximum absolute atomic E-state index is 13.5. The Morgan fingerprint density at radius 1 is 1.06 bits per heavy atom. The molecule has 0 bridgehead atoms. The second-order valence-electron chi connectivity index (χ2n) is 8.62. The van der Waals surface area contributed by atoms with Crippen molar-refractivity contribution in [1.82, 2.24) is 15.1 Å². The number of anilines is 1. The Balaban J connectivity index is 1.38. The van der Waals surface area contributed by atoms with Gasteiger partial charge in [-0.25, -0.2) is 9.18 Å². The number of aromatic nitrogens is 2. The van der Waals surface area contributed by atoms with Crippen molar-refractivity contribution in [2.45, 2.75) is 25.3 Å². The molecule has 1 heterocycles. The fourth-order valence-electron chi connectivity index (χ4n) is 3.88. The van der Waals surface area contributed by atoms with Gasteiger partial charge in [-0.15, -0.1) is 0 Å². The summed E-state index contributed by atoms with van der Waals surface area (Å²) in [6.07, 6.45) is 1.87. The van der Waals surface area contributed by atoms with Crippen molar-refractivity contribution in [2.75, 3.05) is 5.32 Å². The first-order valence-electron chi connectivity index (χ1n) is 11.4. The molecule has 1 aromatic heterocycles. The van der Waals surface area contributed by atoms with Gasteiger partial charge in [0.15, 0.2) is 0 Å². The first-order chi connectivity index (χ1) is 17.4. The fraction of sp³-hybridized carbons (Fsp3) is 0.148. The number of rotatable bonds is 6. The zero-order valence-corrected chi connectivity index (χ0v) is 19.8. The van der Waals surface area contributed by atoms with E-state index in [0.717, 1.165) is 18.5 Å². The molecule has 1 aliphatic carbocycles. The van der Waals surface area contributed by atoms with Crippen molar-refractivity contribution in [3.8, 4) is 17.0 Å². The third kappa shape index (κ3) is 5.23. The van der Waals surface area contributed by atoms with Crippen LogP contribution in [0.2, 0.25) is 5.02 Å². The Morgan fingerprint density at radius 3 is 2.56 bits per heavy atom. The van der Waals surface area contributed by atoms with Gasteiger partial charge in [-0.05, 0) is 79.1 Å². The number of benzene rings is 3. The van der Waals surface area contributed by atoms with Crippen LogP contribution in [0.4, 0.5) is 14.9 Å². The van der Waals surface area contributed by atoms with Crippen LogP contribution >= 0.6 is 11.6 Å². The molecule has 0 aliphatic heterocycles. The highest BCUT2D eigenvalue weighted by molar-refractivity contribution is 6.30. The largest absolute Gasteiger partial charge is 0.507 e. The third-order valence-corrected chi connectivity index (χ3v) is 6.15. The summed E-state index contributed by atoms with van der Waals surface area (Å²) in [6, 6.07) is 18.5. The standard InChI is InChI=1S/C27H22ClFN4O3/c28-19-8-6-18(7-9-19)26(35)31-21-10-11-25(34)22(13-21)23-14-24(17-4-5-17)33(32-23)27(36)30-15-16-2-1-3-20(29)12-16/h1-3,6-14,17,34H,4-5,15H2,(H,30,36)(H,31,35). The van der Waals surface area contributed by atoms with Gasteiger partial charge >= 0.3 is 6.03 Å². The summed E-state index contributed by atoms with van der Waals surface area (Å²) in [5.41, 5.74) is 3.03. The summed E-state index contributed by atoms with van der Waals surface area (Å²) in [7, 11) is 0. The zero-order chi connectivity index (χ0) is 25.2. The van der Waals surface area contributed by atoms with Gasteiger partial charge in [0.2, 0.25) is 0 Å². The molecule has 5 rings (SSSR count). The number of hydrogen-bond donors (Lipinski definition) is 3. The van der Waals surface area contributed by atoms with E-state index in [9.17, 15) is 19.1 Å². The molecule has 3 N–H and O–H groups in total. The van der Waals surface area contributed by atoms with E-state index in [-0.39, 0.29) is 29.9 Å². The molecule has 4 aromatic rings. The van der Waals surface area contributed by atoms with Gasteiger partial charge in [0.1, 0.15) is 11.6 Å². The maximum Gasteiger partial charge on any atom is 0.342 e. The molecule has 0 unspecified atom stereocenters. The number of carbonyl (C=O) groups is 2. The number of halogens is 2. The number of hydrogen-bond acceptors (Lipinski definition) is 4. The minimum atomic E-state index is -0.445. The van der Waals surface area contributed by atoms with E-state index >= 15 is 0 Å². The van der Waals surface area contributed by atoms with Gasteiger partial charge in [-0.3, -0.25) is 4.79 Å². The van der Waals surface area contributed by atoms with Crippen LogP contribution in [0, 0.1) is 5.82 Å². The lowest BCUT2D eigenvalue weighted by Crippen LogP contribution is -2.30. The highest BCUT2D eigenvalue weighted by Gasteiger charge is 2.30. The summed E-state index contributed by atoms with van der Waals surface area (Å²) in [5.74, 6) is -0.544. The van der Waals surface area contributed by atoms with Crippen molar-refractivity contribution in [3.63, 3.8) is 0 Å². The minimum Gasteiger partial charge on any atom is -0.507 e. The van der Waals surface area contributed by atoms with E-state index in [0.29, 0.717) is 33.1 Å². The van der Waals surface area contributed by atoms with Gasteiger partial charge < -0.3 is 15.7 Å². The van der Waals surface area contributed by atoms with Crippen LogP contribution in [0.1, 0.15) is 40.4 Å². The molecule has 182 valence electrons. The Morgan fingerprint density at radius 2 is 1.83 bits per heavy atom. The number of amides is 2. The summed E-state index contributed by atoms with van der Waals surface area (Å²) in [5, 5.41) is 21.1. The second kappa shape index (κ2) is 9.83. The topological polar surface area (TPSA) is 96.2 Å². The van der Waals surface area contributed by atoms with Crippen LogP contribution in [0.3, 0.4) is 0 Å². The molecule has 0 saturated heterocycles. The predicted molar refractivity (Wildman–Crippen MR) is 135 cm³/mol. The number of phenols is 1. The minimum absolute atomic E-state index is 0.0355. The molecule has 1 aliphatic rings. The quantitative estimate of drug-likeness (QED) is 0.283. The zero-order valence-electron chi connectivity index (χ0n) is 19.0. The van der Waals surface area contributed by atoms with Crippen molar-refractivity contribution in [1.29, 1.82) is 0 Å². The highest BCUT2D eigenvalue weighted by Crippen LogP contribution is 2.42. The lowest BCUT2D eigenvalue weighted by atomic mass is 10.1. The Labute approximate surface area is 211 Å². The van der Waals surface area contributed by atoms with E-state index < -0.39 is 6.03 Å². The number of carbonyl (C=O) groups excluding carboxylic acids is 2. The van der Waals surface area contributed by atoms with E-state index in [2.05, 4.69) is 15.7 Å². The van der Waals surface area contributed by atoms with Crippen LogP contribution in [-0.4, -0.2) is 26.8 Å². The SMILES string of the molecule is O=C(Nc1ccc(O)c(-c2cc(C3CC3)n(C(=O)NCc3cccc(F)c3)n2)c1)c1ccc(Cl)cc1. The third-order valence-electron chi connectivity index (χ3n) is 5.89. The molecule has 36 heavy (non-hydrogen) atoms. The molecule has 1 saturated carbocycles. The lowest BCUT2D eigenvalue weighted by Gasteiger charge is -2.09. The fourth-order valence-corrected chi connectivity index (χ4v) is 4.01. The van der Waals surface area contributed by atoms with Crippen molar-refractivity contribution in [3.05, 3.63) is 100 Å². The number of nitrogens with zero attached hydrogens (tertiary/aromatic N) is 2. The van der Waals surface area contributed by atoms with Gasteiger partial charge in [0, 0.05) is 34.3 Å². The number of nitrogens with one attached hydrogen (secondary N) is 2. The van der Waals surface area contributed by atoms with Gasteiger partial charge in [0.05, 0.1) is 11.4 Å². The second-order valence-corrected chi connectivity index (χ2v) is 9.06. The van der Waals surface area contributed by atoms with Crippen LogP contribution in [0.5, 0.6) is 5.75 Å². The van der Waals surface area contributed by atoms with Crippen molar-refractivity contribution in [2.24, 2.45) is 0 Å². The monoisotopic (exact) mass is 504 g/mol. The van der Waals surface area contributed by atoms with Crippen LogP contribution in [0.15, 0.2) is 72.8 Å². The smallest absolute Gasteiger partial charge is 0.342 e. The summed E-state index contributed by atoms with van der Waals surface area (Å²) in [4.78, 5) is 25.5. The van der Waals surface area contributed by atoms with E-state index in [4.69, 9.17) is 11.6 Å². The van der Waals surface area contributed by atoms with Crippen molar-refractivity contribution >= 4 is 29.2 Å². The van der Waals surface area contributed by atoms with Crippen LogP contribution in [-0.2, 0) is 6.54 Å². The average Bonchev–Trinajstić information content (AvgIpc) is 3.62. The molecule has 0 radical (unpaired) electrons. The lowest BCUT2D eigenvalue weighted by molar-refractivity contribution is 0.102. The average molecular weight is 505 g/mol. The molecule has 7 nitrogen and oxygen atoms in total. The molecule has 9 heteroatoms. The molecular formula is C27H22ClFN4O3. The van der Waals surface area contributed by atoms with Crippen molar-refractivity contribution < 1.29 is 19.1 Å². The number of aromatic hydroxyl groups is 1. The molecular weight excluding hydrogens is 483 g/mol. The van der Waals surface area contributed by atoms with Crippen LogP contribution < -0.4 is 10.6 Å². The molecule has 0 spiro atoms. The Kier molecular flexibility index (Phi) is 6.43. The first kappa shape index (κ1) is 23.6. The van der Waals surface area contributed by atoms with Gasteiger partial charge in [-0.1, -0.05) is 23.7 Å². The summed E-state index contributed by atoms with van der Waals surface area (Å²) in [6.45, 7) is 0.146. The molecule has 0 atom stereocenters. The maximum atomic E-state index is 13.5. The number of phenolic OH excluding ortho intramolecular Hbond substituents is 1. The normalized spacial score (nSPS) is 12.8. The van der Waals surface area contributed by atoms with Crippen LogP contribution in [0.25, 0.3) is 11.3 Å². The Bertz CT molecular complexity index is 1450. The van der Waals surface area contributed by atoms with E-state index in [1.165, 1.54) is 22.9 Å². The van der Waals surface area contributed by atoms with Gasteiger partial charge in [-0.2, -0.15) is 9.78 Å². The Hall–Kier alpha value is -4.17. The summed E-state index contributed by atoms with van der Waals surface area (Å²) < 4.78 is 14.8. The first-order valence-corrected chi connectivity index (χ1v) is 11.8. The molecule has 1 fully saturated rings. The van der Waals surface area contributed by atoms with Gasteiger partial charge in [0.25, 0.3) is 5.91 Å².